The van der Waals surface area contributed by atoms with E-state index in [2.05, 4.69) is 278 Å². The zero-order chi connectivity index (χ0) is 55.3. The van der Waals surface area contributed by atoms with E-state index in [1.165, 1.54) is 72.4 Å². The molecule has 0 radical (unpaired) electrons. The Balaban J connectivity index is 0.00000128. The summed E-state index contributed by atoms with van der Waals surface area (Å²) in [6, 6.07) is 73.2. The van der Waals surface area contributed by atoms with Crippen LogP contribution in [0.2, 0.25) is 0 Å². The van der Waals surface area contributed by atoms with Crippen LogP contribution in [-0.2, 0) is 44.8 Å². The minimum absolute atomic E-state index is 0. The van der Waals surface area contributed by atoms with E-state index in [1.807, 2.05) is 28.2 Å². The van der Waals surface area contributed by atoms with Crippen molar-refractivity contribution in [3.8, 4) is 0 Å². The van der Waals surface area contributed by atoms with E-state index < -0.39 is 0 Å². The van der Waals surface area contributed by atoms with Crippen molar-refractivity contribution in [3.05, 3.63) is 300 Å². The van der Waals surface area contributed by atoms with Gasteiger partial charge in [0.15, 0.2) is 0 Å². The van der Waals surface area contributed by atoms with E-state index in [4.69, 9.17) is 14.3 Å². The van der Waals surface area contributed by atoms with E-state index in [0.29, 0.717) is 55.3 Å². The van der Waals surface area contributed by atoms with Gasteiger partial charge < -0.3 is 21.8 Å². The van der Waals surface area contributed by atoms with Gasteiger partial charge in [-0.2, -0.15) is 0 Å². The van der Waals surface area contributed by atoms with Gasteiger partial charge in [-0.15, -0.1) is 11.7 Å². The maximum atomic E-state index is 7.75. The summed E-state index contributed by atoms with van der Waals surface area (Å²) in [6.07, 6.45) is 18.6. The van der Waals surface area contributed by atoms with Crippen LogP contribution in [-0.4, -0.2) is 35.2 Å². The Morgan fingerprint density at radius 2 is 1.06 bits per heavy atom. The molecule has 2 fully saturated rings. The van der Waals surface area contributed by atoms with Crippen LogP contribution in [0.15, 0.2) is 237 Å². The molecule has 7 aromatic carbocycles. The number of aromatic nitrogens is 3. The van der Waals surface area contributed by atoms with Crippen LogP contribution in [0.4, 0.5) is 0 Å². The van der Waals surface area contributed by atoms with Crippen LogP contribution in [0.1, 0.15) is 93.3 Å². The predicted octanol–water partition coefficient (Wildman–Crippen LogP) is 17.0. The fourth-order valence-corrected chi connectivity index (χ4v) is 12.1. The molecule has 0 saturated heterocycles. The number of rotatable bonds is 17. The minimum atomic E-state index is 0. The van der Waals surface area contributed by atoms with Crippen LogP contribution in [0.3, 0.4) is 0 Å². The van der Waals surface area contributed by atoms with Gasteiger partial charge in [-0.1, -0.05) is 241 Å². The van der Waals surface area contributed by atoms with E-state index >= 15 is 0 Å². The Kier molecular flexibility index (Phi) is 23.2. The molecule has 3 aliphatic rings. The van der Waals surface area contributed by atoms with Gasteiger partial charge in [0.25, 0.3) is 0 Å². The molecular formula is C72H70ClN3O3Ru. The monoisotopic (exact) mass is 1160 g/mol. The van der Waals surface area contributed by atoms with Crippen molar-refractivity contribution in [2.24, 2.45) is 29.6 Å². The Morgan fingerprint density at radius 1 is 0.588 bits per heavy atom. The number of hydrogen-bond donors (Lipinski definition) is 0. The van der Waals surface area contributed by atoms with Gasteiger partial charge in [0.1, 0.15) is 5.69 Å². The number of carbonyl (C=O) groups excluding carboxylic acids is 2. The van der Waals surface area contributed by atoms with Gasteiger partial charge in [0.05, 0.1) is 26.0 Å². The van der Waals surface area contributed by atoms with E-state index in [0.717, 1.165) is 31.4 Å². The quantitative estimate of drug-likeness (QED) is 0.0393. The standard InChI is InChI=1S/C69H65N3O.2CHO.CH3.ClH.Ru/c1-3-54-41-53(34-33-52-42-61(36-35-50-19-9-4-10-20-50)62(43-52)47-73-48-63-46-72(71-70-63)45-51-31-29-49(2)30-32-51)44-64(54)55-37-39-60(40-38-55)69-67(58-25-15-7-16-26-58)65(56-21-11-5-12-22-56)66(57-23-13-6-14-24-57)68(69)59-27-17-8-18-28-59;2*1-2;;;/h3-40,46,52-54,61-62,64,69H,1,41-45,47-48H2,2H3;2*1H;1H3;1H;/q;3*-1;;+4/p-1/b34-33+,36-35+;;;;;/t52?,53?,54-,61?,62?,64?;;;;;/m1...../s1. The molecule has 2 saturated carbocycles. The molecule has 6 nitrogen and oxygen atoms in total. The average Bonchev–Trinajstić information content (AvgIpc) is 4.37. The summed E-state index contributed by atoms with van der Waals surface area (Å²) in [6.45, 7) is 14.9. The molecule has 8 heteroatoms. The molecule has 8 aromatic rings. The van der Waals surface area contributed by atoms with E-state index in [-0.39, 0.29) is 13.3 Å². The molecule has 0 bridgehead atoms. The first-order valence-corrected chi connectivity index (χ1v) is 29.3. The second kappa shape index (κ2) is 30.8. The van der Waals surface area contributed by atoms with Crippen LogP contribution in [0.25, 0.3) is 28.4 Å². The molecule has 1 aromatic heterocycles. The number of allylic oxidation sites excluding steroid dienone is 8. The molecule has 0 spiro atoms. The number of hydrogen-bond acceptors (Lipinski definition) is 5. The second-order valence-electron chi connectivity index (χ2n) is 20.6. The van der Waals surface area contributed by atoms with Crippen molar-refractivity contribution in [1.29, 1.82) is 0 Å². The molecule has 0 N–H and O–H groups in total. The topological polar surface area (TPSA) is 74.1 Å². The SMILES string of the molecule is C=C[C@@H]1CC(/C=C/C2CC(/C=C/c3ccccc3)C(COCc3cn(Cc4ccc(C)cc4)nn3)C2)CC1c1ccc(C2C(c3ccccc3)=C(c3ccccc3)C(c3ccccc3)=C2c2ccccc2)cc1.[CH-]=O.[CH-]=O.[CH3-].[Cl][Ru+3]. The average molecular weight is 1160 g/mol. The first-order chi connectivity index (χ1) is 39.0. The Bertz CT molecular complexity index is 3170. The first-order valence-electron chi connectivity index (χ1n) is 27.0. The number of halogens is 1. The molecule has 5 unspecified atom stereocenters. The molecule has 3 aliphatic carbocycles. The first kappa shape index (κ1) is 60.2. The van der Waals surface area contributed by atoms with Crippen LogP contribution in [0.5, 0.6) is 0 Å². The van der Waals surface area contributed by atoms with Crippen molar-refractivity contribution >= 4 is 51.6 Å². The molecule has 80 heavy (non-hydrogen) atoms. The molecule has 11 rings (SSSR count). The molecule has 1 heterocycles. The molecular weight excluding hydrogens is 1090 g/mol. The summed E-state index contributed by atoms with van der Waals surface area (Å²) in [7, 11) is 4.57. The third-order valence-corrected chi connectivity index (χ3v) is 15.7. The van der Waals surface area contributed by atoms with Crippen LogP contribution < -0.4 is 0 Å². The van der Waals surface area contributed by atoms with Gasteiger partial charge in [-0.05, 0) is 135 Å². The van der Waals surface area contributed by atoms with E-state index in [9.17, 15) is 0 Å². The summed E-state index contributed by atoms with van der Waals surface area (Å²) >= 11 is 1.82. The molecule has 0 aliphatic heterocycles. The van der Waals surface area contributed by atoms with Crippen molar-refractivity contribution < 1.29 is 31.6 Å². The maximum absolute atomic E-state index is 7.75. The normalized spacial score (nSPS) is 19.6. The van der Waals surface area contributed by atoms with Crippen molar-refractivity contribution in [3.63, 3.8) is 0 Å². The third-order valence-electron chi connectivity index (χ3n) is 15.7. The zero-order valence-corrected chi connectivity index (χ0v) is 48.2. The number of nitrogens with zero attached hydrogens (tertiary/aromatic N) is 3. The Hall–Kier alpha value is -7.41. The van der Waals surface area contributed by atoms with E-state index in [1.54, 1.807) is 0 Å². The third kappa shape index (κ3) is 14.9. The summed E-state index contributed by atoms with van der Waals surface area (Å²) < 4.78 is 8.35. The number of aryl methyl sites for hydroxylation is 1. The fourth-order valence-electron chi connectivity index (χ4n) is 12.1. The molecule has 406 valence electrons. The van der Waals surface area contributed by atoms with Gasteiger partial charge in [-0.25, -0.2) is 4.68 Å². The van der Waals surface area contributed by atoms with Gasteiger partial charge in [0, 0.05) is 5.92 Å². The predicted molar refractivity (Wildman–Crippen MR) is 328 cm³/mol. The summed E-state index contributed by atoms with van der Waals surface area (Å²) in [5.74, 6) is 2.72. The summed E-state index contributed by atoms with van der Waals surface area (Å²) in [5.41, 5.74) is 17.6. The Labute approximate surface area is 489 Å². The number of benzene rings is 7. The van der Waals surface area contributed by atoms with Gasteiger partial charge in [0.2, 0.25) is 0 Å². The van der Waals surface area contributed by atoms with Crippen LogP contribution >= 0.6 is 9.69 Å². The zero-order valence-electron chi connectivity index (χ0n) is 45.7. The van der Waals surface area contributed by atoms with Crippen molar-refractivity contribution in [2.75, 3.05) is 6.61 Å². The molecule has 0 amide bonds. The fraction of sp³-hybridized carbons (Fsp3) is 0.208. The molecule has 6 atom stereocenters. The Morgan fingerprint density at radius 3 is 1.59 bits per heavy atom. The summed E-state index contributed by atoms with van der Waals surface area (Å²) in [4.78, 5) is 15.5. The van der Waals surface area contributed by atoms with Crippen molar-refractivity contribution in [1.82, 2.24) is 15.0 Å². The van der Waals surface area contributed by atoms with Gasteiger partial charge >= 0.3 is 27.0 Å². The van der Waals surface area contributed by atoms with Crippen LogP contribution in [0, 0.1) is 43.9 Å². The van der Waals surface area contributed by atoms with Crippen molar-refractivity contribution in [2.45, 2.75) is 57.6 Å². The second-order valence-corrected chi connectivity index (χ2v) is 20.6. The summed E-state index contributed by atoms with van der Waals surface area (Å²) in [5, 5.41) is 8.85. The van der Waals surface area contributed by atoms with Gasteiger partial charge in [-0.3, -0.25) is 13.6 Å². The number of ether oxygens (including phenoxy) is 1.